The second-order valence-corrected chi connectivity index (χ2v) is 22.1. The van der Waals surface area contributed by atoms with Crippen LogP contribution in [0, 0.1) is 20.8 Å². The lowest BCUT2D eigenvalue weighted by Gasteiger charge is -2.19. The molecule has 0 atom stereocenters. The van der Waals surface area contributed by atoms with E-state index in [9.17, 15) is 28.8 Å². The van der Waals surface area contributed by atoms with Gasteiger partial charge in [-0.25, -0.2) is 44.3 Å². The van der Waals surface area contributed by atoms with Crippen LogP contribution in [0.2, 0.25) is 5.02 Å². The molecule has 0 radical (unpaired) electrons. The Morgan fingerprint density at radius 2 is 0.685 bits per heavy atom. The molecule has 3 aromatic heterocycles. The van der Waals surface area contributed by atoms with Crippen LogP contribution in [-0.2, 0) is 5.41 Å². The topological polar surface area (TPSA) is 298 Å². The van der Waals surface area contributed by atoms with E-state index in [1.54, 1.807) is 139 Å². The molecule has 25 heteroatoms. The van der Waals surface area contributed by atoms with Crippen molar-refractivity contribution < 1.29 is 28.8 Å². The maximum absolute atomic E-state index is 12.8. The molecule has 0 aliphatic carbocycles. The molecular weight excluding hydrogens is 1190 g/mol. The van der Waals surface area contributed by atoms with Crippen LogP contribution in [0.5, 0.6) is 0 Å². The lowest BCUT2D eigenvalue weighted by molar-refractivity contribution is 0.101. The number of urea groups is 3. The molecule has 0 unspecified atom stereocenters. The van der Waals surface area contributed by atoms with Gasteiger partial charge in [-0.2, -0.15) is 0 Å². The van der Waals surface area contributed by atoms with Crippen molar-refractivity contribution in [2.75, 3.05) is 105 Å². The van der Waals surface area contributed by atoms with Gasteiger partial charge in [0.15, 0.2) is 0 Å². The number of benzene rings is 6. The molecule has 0 saturated carbocycles. The van der Waals surface area contributed by atoms with Crippen molar-refractivity contribution in [1.29, 1.82) is 0 Å². The maximum Gasteiger partial charge on any atom is 0.327 e. The summed E-state index contributed by atoms with van der Waals surface area (Å²) < 4.78 is 0. The van der Waals surface area contributed by atoms with Crippen molar-refractivity contribution in [3.63, 3.8) is 0 Å². The predicted molar refractivity (Wildman–Crippen MR) is 367 cm³/mol. The first-order valence-corrected chi connectivity index (χ1v) is 29.1. The van der Waals surface area contributed by atoms with E-state index in [0.717, 1.165) is 16.7 Å². The van der Waals surface area contributed by atoms with E-state index >= 15 is 0 Å². The van der Waals surface area contributed by atoms with Gasteiger partial charge in [0.1, 0.15) is 53.9 Å². The number of nitrogens with zero attached hydrogens (tertiary/aromatic N) is 9. The Balaban J connectivity index is 0.000000196. The largest absolute Gasteiger partial charge is 0.373 e. The molecule has 9 amide bonds. The molecule has 474 valence electrons. The highest BCUT2D eigenvalue weighted by Crippen LogP contribution is 2.27. The minimum atomic E-state index is -0.394. The number of para-hydroxylation sites is 1. The Bertz CT molecular complexity index is 4080. The van der Waals surface area contributed by atoms with Gasteiger partial charge in [0.25, 0.3) is 17.7 Å². The summed E-state index contributed by atoms with van der Waals surface area (Å²) in [7, 11) is 10.0. The van der Waals surface area contributed by atoms with E-state index < -0.39 is 6.03 Å². The van der Waals surface area contributed by atoms with E-state index in [2.05, 4.69) is 98.5 Å². The second-order valence-electron chi connectivity index (χ2n) is 21.7. The Morgan fingerprint density at radius 1 is 0.380 bits per heavy atom. The number of amides is 9. The van der Waals surface area contributed by atoms with Crippen molar-refractivity contribution in [1.82, 2.24) is 29.9 Å². The van der Waals surface area contributed by atoms with E-state index in [4.69, 9.17) is 11.6 Å². The Morgan fingerprint density at radius 3 is 0.989 bits per heavy atom. The SMILES string of the molecule is CNc1cc(N(C)C(=O)Nc2cc(C(=O)Nc3ccc(C(C)(C)C)cc3)ccc2C)ncn1.CNc1cc(N(C)C(=O)Nc2cc(C(=O)Nc3ccc(Cl)cc3)ccc2C)ncn1.CNc1cc(N(C)C(=O)Nc2cc(C(=O)Nc3ccccc3)ccc2C)ncn1. The first-order chi connectivity index (χ1) is 43.9. The summed E-state index contributed by atoms with van der Waals surface area (Å²) in [4.78, 5) is 105. The standard InChI is InChI=1S/C25H30N6O2.C21H21ClN6O2.C21H22N6O2/c1-16-7-8-17(23(32)29-19-11-9-18(10-12-19)25(2,3)4)13-20(16)30-24(33)31(6)22-14-21(26-5)27-15-28-22;1-13-4-5-14(20(29)26-16-8-6-15(22)7-9-16)10-17(13)27-21(30)28(3)19-11-18(23-2)24-12-25-19;1-14-9-10-15(20(28)25-16-7-5-4-6-8-16)11-17(14)26-21(29)27(3)19-12-18(22-2)23-13-24-19/h7-15H,1-6H3,(H,29,32)(H,30,33)(H,26,27,28);4-12H,1-3H3,(H,26,29)(H,27,30)(H,23,24,25);4-13H,1-3H3,(H,25,28)(H,26,29)(H,22,23,24). The highest BCUT2D eigenvalue weighted by molar-refractivity contribution is 6.30. The summed E-state index contributed by atoms with van der Waals surface area (Å²) in [5.74, 6) is 2.31. The van der Waals surface area contributed by atoms with Crippen LogP contribution < -0.4 is 62.6 Å². The molecule has 0 aliphatic rings. The van der Waals surface area contributed by atoms with Gasteiger partial charge in [-0.05, 0) is 133 Å². The Labute approximate surface area is 539 Å². The fourth-order valence-electron chi connectivity index (χ4n) is 8.32. The van der Waals surface area contributed by atoms with Crippen molar-refractivity contribution in [2.45, 2.75) is 47.0 Å². The van der Waals surface area contributed by atoms with Crippen molar-refractivity contribution in [3.05, 3.63) is 215 Å². The Kier molecular flexibility index (Phi) is 23.3. The number of hydrogen-bond donors (Lipinski definition) is 9. The minimum absolute atomic E-state index is 0.0418. The zero-order valence-electron chi connectivity index (χ0n) is 53.0. The van der Waals surface area contributed by atoms with Gasteiger partial charge in [-0.1, -0.05) is 80.9 Å². The minimum Gasteiger partial charge on any atom is -0.373 e. The van der Waals surface area contributed by atoms with Crippen LogP contribution in [0.25, 0.3) is 0 Å². The van der Waals surface area contributed by atoms with Crippen LogP contribution in [0.4, 0.5) is 83.4 Å². The molecule has 0 aliphatic heterocycles. The number of rotatable bonds is 15. The molecule has 3 heterocycles. The normalized spacial score (nSPS) is 10.5. The van der Waals surface area contributed by atoms with Gasteiger partial charge in [-0.3, -0.25) is 29.1 Å². The van der Waals surface area contributed by atoms with Crippen LogP contribution in [-0.4, -0.2) is 108 Å². The van der Waals surface area contributed by atoms with E-state index in [0.29, 0.717) is 90.7 Å². The van der Waals surface area contributed by atoms with Gasteiger partial charge in [-0.15, -0.1) is 0 Å². The molecular formula is C67H73ClN18O6. The fourth-order valence-corrected chi connectivity index (χ4v) is 8.45. The van der Waals surface area contributed by atoms with Crippen LogP contribution in [0.1, 0.15) is 74.1 Å². The van der Waals surface area contributed by atoms with E-state index in [1.807, 2.05) is 75.4 Å². The number of carbonyl (C=O) groups is 6. The maximum atomic E-state index is 12.8. The molecule has 92 heavy (non-hydrogen) atoms. The van der Waals surface area contributed by atoms with Crippen LogP contribution in [0.15, 0.2) is 171 Å². The van der Waals surface area contributed by atoms with Crippen molar-refractivity contribution >= 4 is 116 Å². The summed E-state index contributed by atoms with van der Waals surface area (Å²) >= 11 is 5.87. The molecule has 9 aromatic rings. The van der Waals surface area contributed by atoms with Crippen molar-refractivity contribution in [2.24, 2.45) is 0 Å². The second kappa shape index (κ2) is 31.6. The number of hydrogen-bond acceptors (Lipinski definition) is 15. The molecule has 0 fully saturated rings. The average Bonchev–Trinajstić information content (AvgIpc) is 1.76. The number of nitrogens with one attached hydrogen (secondary N) is 9. The number of anilines is 12. The van der Waals surface area contributed by atoms with E-state index in [-0.39, 0.29) is 35.2 Å². The van der Waals surface area contributed by atoms with Gasteiger partial charge >= 0.3 is 18.1 Å². The summed E-state index contributed by atoms with van der Waals surface area (Å²) in [6, 6.07) is 43.1. The molecule has 0 bridgehead atoms. The molecule has 6 aromatic carbocycles. The van der Waals surface area contributed by atoms with Crippen LogP contribution >= 0.6 is 11.6 Å². The molecule has 9 rings (SSSR count). The third kappa shape index (κ3) is 19.0. The molecule has 0 spiro atoms. The molecule has 9 N–H and O–H groups in total. The van der Waals surface area contributed by atoms with Crippen molar-refractivity contribution in [3.8, 4) is 0 Å². The third-order valence-electron chi connectivity index (χ3n) is 14.0. The summed E-state index contributed by atoms with van der Waals surface area (Å²) in [6.45, 7) is 12.0. The lowest BCUT2D eigenvalue weighted by atomic mass is 9.87. The third-order valence-corrected chi connectivity index (χ3v) is 14.3. The van der Waals surface area contributed by atoms with Gasteiger partial charge in [0.2, 0.25) is 0 Å². The number of halogens is 1. The van der Waals surface area contributed by atoms with Gasteiger partial charge in [0, 0.05) is 116 Å². The summed E-state index contributed by atoms with van der Waals surface area (Å²) in [6.07, 6.45) is 4.14. The number of carbonyl (C=O) groups excluding carboxylic acids is 6. The van der Waals surface area contributed by atoms with E-state index in [1.165, 1.54) is 39.2 Å². The lowest BCUT2D eigenvalue weighted by Crippen LogP contribution is -2.32. The zero-order chi connectivity index (χ0) is 66.6. The monoisotopic (exact) mass is 1260 g/mol. The quantitative estimate of drug-likeness (QED) is 0.0461. The summed E-state index contributed by atoms with van der Waals surface area (Å²) in [5, 5.41) is 26.4. The highest BCUT2D eigenvalue weighted by Gasteiger charge is 2.20. The Hall–Kier alpha value is -11.5. The first-order valence-electron chi connectivity index (χ1n) is 28.7. The predicted octanol–water partition coefficient (Wildman–Crippen LogP) is 13.2. The smallest absolute Gasteiger partial charge is 0.327 e. The zero-order valence-corrected chi connectivity index (χ0v) is 53.8. The fraction of sp³-hybridized carbons (Fsp3) is 0.194. The van der Waals surface area contributed by atoms with Gasteiger partial charge < -0.3 is 47.9 Å². The number of aryl methyl sites for hydroxylation is 3. The average molecular weight is 1260 g/mol. The van der Waals surface area contributed by atoms with Gasteiger partial charge in [0.05, 0.1) is 0 Å². The van der Waals surface area contributed by atoms with Crippen LogP contribution in [0.3, 0.4) is 0 Å². The summed E-state index contributed by atoms with van der Waals surface area (Å²) in [5.41, 5.74) is 8.67. The molecule has 24 nitrogen and oxygen atoms in total. The molecule has 0 saturated heterocycles. The highest BCUT2D eigenvalue weighted by atomic mass is 35.5. The number of aromatic nitrogens is 6. The first kappa shape index (κ1) is 68.0.